The Labute approximate surface area is 119 Å². The third-order valence-corrected chi connectivity index (χ3v) is 2.82. The minimum atomic E-state index is -4.83. The molecule has 11 heteroatoms. The van der Waals surface area contributed by atoms with E-state index in [1.807, 2.05) is 0 Å². The summed E-state index contributed by atoms with van der Waals surface area (Å²) >= 11 is 0. The molecule has 0 atom stereocenters. The second kappa shape index (κ2) is 4.80. The Balaban J connectivity index is 2.24. The molecule has 22 heavy (non-hydrogen) atoms. The molecule has 3 rings (SSSR count). The fraction of sp³-hybridized carbons (Fsp3) is 0.0909. The van der Waals surface area contributed by atoms with Gasteiger partial charge in [-0.3, -0.25) is 10.0 Å². The summed E-state index contributed by atoms with van der Waals surface area (Å²) in [7, 11) is 0. The average Bonchev–Trinajstić information content (AvgIpc) is 2.93. The number of hydroxylamine groups is 1. The number of carbonyl (C=O) groups is 1. The molecule has 0 aliphatic heterocycles. The van der Waals surface area contributed by atoms with Gasteiger partial charge in [0.15, 0.2) is 5.65 Å². The fourth-order valence-electron chi connectivity index (χ4n) is 1.99. The zero-order chi connectivity index (χ0) is 15.9. The molecule has 0 radical (unpaired) electrons. The second-order valence-electron chi connectivity index (χ2n) is 4.18. The number of pyridine rings is 1. The van der Waals surface area contributed by atoms with Gasteiger partial charge in [0, 0.05) is 11.5 Å². The van der Waals surface area contributed by atoms with E-state index in [1.165, 1.54) is 17.6 Å². The van der Waals surface area contributed by atoms with Crippen LogP contribution in [0.5, 0.6) is 5.75 Å². The van der Waals surface area contributed by atoms with Gasteiger partial charge in [-0.25, -0.2) is 5.48 Å². The van der Waals surface area contributed by atoms with Crippen LogP contribution in [0.15, 0.2) is 24.3 Å². The lowest BCUT2D eigenvalue weighted by molar-refractivity contribution is -0.274. The molecular weight excluding hydrogens is 307 g/mol. The molecule has 114 valence electrons. The van der Waals surface area contributed by atoms with E-state index >= 15 is 0 Å². The van der Waals surface area contributed by atoms with Crippen molar-refractivity contribution in [1.82, 2.24) is 25.5 Å². The maximum absolute atomic E-state index is 12.3. The van der Waals surface area contributed by atoms with Gasteiger partial charge in [-0.05, 0) is 28.6 Å². The number of alkyl halides is 3. The highest BCUT2D eigenvalue weighted by atomic mass is 19.4. The van der Waals surface area contributed by atoms with Gasteiger partial charge in [0.05, 0.1) is 11.1 Å². The zero-order valence-corrected chi connectivity index (χ0v) is 10.5. The number of rotatable bonds is 2. The van der Waals surface area contributed by atoms with E-state index in [0.717, 1.165) is 16.6 Å². The lowest BCUT2D eigenvalue weighted by Crippen LogP contribution is -2.20. The highest BCUT2D eigenvalue weighted by Gasteiger charge is 2.31. The maximum atomic E-state index is 12.3. The van der Waals surface area contributed by atoms with E-state index in [0.29, 0.717) is 5.39 Å². The number of fused-ring (bicyclic) bond motifs is 3. The summed E-state index contributed by atoms with van der Waals surface area (Å²) in [5.41, 5.74) is 1.59. The Morgan fingerprint density at radius 1 is 1.32 bits per heavy atom. The van der Waals surface area contributed by atoms with Crippen molar-refractivity contribution >= 4 is 22.5 Å². The number of amides is 1. The number of nitrogens with one attached hydrogen (secondary N) is 1. The summed E-state index contributed by atoms with van der Waals surface area (Å²) in [6.07, 6.45) is -4.83. The van der Waals surface area contributed by atoms with Crippen LogP contribution in [0, 0.1) is 0 Å². The van der Waals surface area contributed by atoms with Gasteiger partial charge >= 0.3 is 6.36 Å². The average molecular weight is 313 g/mol. The molecule has 0 fully saturated rings. The van der Waals surface area contributed by atoms with Crippen LogP contribution < -0.4 is 10.2 Å². The molecule has 2 N–H and O–H groups in total. The Kier molecular flexibility index (Phi) is 3.06. The Morgan fingerprint density at radius 3 is 2.77 bits per heavy atom. The number of tetrazole rings is 1. The van der Waals surface area contributed by atoms with Crippen LogP contribution in [0.2, 0.25) is 0 Å². The quantitative estimate of drug-likeness (QED) is 0.546. The number of halogens is 3. The number of nitrogens with zero attached hydrogens (tertiary/aromatic N) is 4. The second-order valence-corrected chi connectivity index (χ2v) is 4.18. The SMILES string of the molecule is O=C(NO)c1cc2ccc(OC(F)(F)F)cc2n2nnnc12. The molecule has 0 aliphatic carbocycles. The molecule has 0 saturated heterocycles. The van der Waals surface area contributed by atoms with E-state index in [9.17, 15) is 18.0 Å². The van der Waals surface area contributed by atoms with Gasteiger partial charge in [-0.2, -0.15) is 4.52 Å². The van der Waals surface area contributed by atoms with Crippen molar-refractivity contribution < 1.29 is 27.9 Å². The lowest BCUT2D eigenvalue weighted by atomic mass is 10.1. The molecule has 0 unspecified atom stereocenters. The summed E-state index contributed by atoms with van der Waals surface area (Å²) in [4.78, 5) is 11.6. The molecule has 0 saturated carbocycles. The van der Waals surface area contributed by atoms with Crippen LogP contribution >= 0.6 is 0 Å². The summed E-state index contributed by atoms with van der Waals surface area (Å²) in [6, 6.07) is 4.83. The summed E-state index contributed by atoms with van der Waals surface area (Å²) in [5, 5.41) is 19.7. The third-order valence-electron chi connectivity index (χ3n) is 2.82. The van der Waals surface area contributed by atoms with Gasteiger partial charge in [-0.15, -0.1) is 18.3 Å². The normalized spacial score (nSPS) is 11.8. The first-order valence-electron chi connectivity index (χ1n) is 5.74. The number of hydrogen-bond acceptors (Lipinski definition) is 6. The first-order chi connectivity index (χ1) is 10.4. The van der Waals surface area contributed by atoms with Gasteiger partial charge in [0.1, 0.15) is 5.75 Å². The van der Waals surface area contributed by atoms with Crippen LogP contribution in [0.25, 0.3) is 16.6 Å². The van der Waals surface area contributed by atoms with Gasteiger partial charge in [-0.1, -0.05) is 0 Å². The van der Waals surface area contributed by atoms with E-state index in [-0.39, 0.29) is 16.7 Å². The topological polar surface area (TPSA) is 102 Å². The molecule has 8 nitrogen and oxygen atoms in total. The Morgan fingerprint density at radius 2 is 2.09 bits per heavy atom. The highest BCUT2D eigenvalue weighted by Crippen LogP contribution is 2.27. The van der Waals surface area contributed by atoms with Crippen LogP contribution in [0.4, 0.5) is 13.2 Å². The molecule has 1 aromatic carbocycles. The van der Waals surface area contributed by atoms with E-state index in [4.69, 9.17) is 5.21 Å². The lowest BCUT2D eigenvalue weighted by Gasteiger charge is -2.10. The fourth-order valence-corrected chi connectivity index (χ4v) is 1.99. The molecule has 2 heterocycles. The van der Waals surface area contributed by atoms with Gasteiger partial charge in [0.25, 0.3) is 5.91 Å². The standard InChI is InChI=1S/C11H6F3N5O3/c12-11(13,14)22-6-2-1-5-3-7(10(20)16-21)9-15-17-18-19(9)8(5)4-6/h1-4,21H,(H,16,20). The maximum Gasteiger partial charge on any atom is 0.573 e. The molecule has 3 aromatic rings. The van der Waals surface area contributed by atoms with Crippen LogP contribution in [-0.2, 0) is 0 Å². The summed E-state index contributed by atoms with van der Waals surface area (Å²) in [5.74, 6) is -1.30. The molecule has 1 amide bonds. The Bertz CT molecular complexity index is 876. The van der Waals surface area contributed by atoms with Crippen molar-refractivity contribution in [3.63, 3.8) is 0 Å². The molecule has 0 spiro atoms. The number of benzene rings is 1. The third kappa shape index (κ3) is 2.37. The van der Waals surface area contributed by atoms with Crippen molar-refractivity contribution in [2.24, 2.45) is 0 Å². The minimum absolute atomic E-state index is 0.0248. The minimum Gasteiger partial charge on any atom is -0.406 e. The predicted molar refractivity (Wildman–Crippen MR) is 64.2 cm³/mol. The van der Waals surface area contributed by atoms with Crippen LogP contribution in [0.1, 0.15) is 10.4 Å². The largest absolute Gasteiger partial charge is 0.573 e. The molecule has 0 aliphatic rings. The summed E-state index contributed by atoms with van der Waals surface area (Å²) < 4.78 is 41.7. The number of carbonyl (C=O) groups excluding carboxylic acids is 1. The highest BCUT2D eigenvalue weighted by molar-refractivity contribution is 6.02. The predicted octanol–water partition coefficient (Wildman–Crippen LogP) is 1.30. The molecule has 2 aromatic heterocycles. The van der Waals surface area contributed by atoms with Crippen LogP contribution in [0.3, 0.4) is 0 Å². The zero-order valence-electron chi connectivity index (χ0n) is 10.5. The number of hydrogen-bond donors (Lipinski definition) is 2. The smallest absolute Gasteiger partial charge is 0.406 e. The van der Waals surface area contributed by atoms with E-state index in [1.54, 1.807) is 0 Å². The van der Waals surface area contributed by atoms with Crippen molar-refractivity contribution in [2.75, 3.05) is 0 Å². The van der Waals surface area contributed by atoms with Gasteiger partial charge in [0.2, 0.25) is 0 Å². The van der Waals surface area contributed by atoms with Crippen molar-refractivity contribution in [3.05, 3.63) is 29.8 Å². The van der Waals surface area contributed by atoms with Gasteiger partial charge < -0.3 is 4.74 Å². The molecular formula is C11H6F3N5O3. The van der Waals surface area contributed by atoms with E-state index < -0.39 is 18.0 Å². The monoisotopic (exact) mass is 313 g/mol. The van der Waals surface area contributed by atoms with Crippen molar-refractivity contribution in [3.8, 4) is 5.75 Å². The van der Waals surface area contributed by atoms with E-state index in [2.05, 4.69) is 20.3 Å². The van der Waals surface area contributed by atoms with Crippen molar-refractivity contribution in [2.45, 2.75) is 6.36 Å². The van der Waals surface area contributed by atoms with Crippen molar-refractivity contribution in [1.29, 1.82) is 0 Å². The molecule has 0 bridgehead atoms. The number of aromatic nitrogens is 4. The Hall–Kier alpha value is -2.95. The first kappa shape index (κ1) is 14.0. The first-order valence-corrected chi connectivity index (χ1v) is 5.74. The summed E-state index contributed by atoms with van der Waals surface area (Å²) in [6.45, 7) is 0. The van der Waals surface area contributed by atoms with Crippen LogP contribution in [-0.4, -0.2) is 37.5 Å². The number of ether oxygens (including phenoxy) is 1.